The van der Waals surface area contributed by atoms with Crippen molar-refractivity contribution in [2.75, 3.05) is 144 Å². The third-order valence-corrected chi connectivity index (χ3v) is 16.3. The molecule has 9 N–H and O–H groups in total. The molecule has 2 aliphatic heterocycles. The summed E-state index contributed by atoms with van der Waals surface area (Å²) in [4.78, 5) is 72.6. The van der Waals surface area contributed by atoms with Crippen LogP contribution in [0.1, 0.15) is 187 Å². The summed E-state index contributed by atoms with van der Waals surface area (Å²) in [5.74, 6) is 0.387. The van der Waals surface area contributed by atoms with Gasteiger partial charge in [0.1, 0.15) is 0 Å². The molecular formula is C62H117N7O16S. The summed E-state index contributed by atoms with van der Waals surface area (Å²) in [6, 6.07) is -0.370. The first-order valence-corrected chi connectivity index (χ1v) is 34.1. The lowest BCUT2D eigenvalue weighted by atomic mass is 10.0. The number of hydrogen-bond acceptors (Lipinski definition) is 17. The number of urea groups is 1. The van der Waals surface area contributed by atoms with Crippen molar-refractivity contribution in [3.8, 4) is 0 Å². The fourth-order valence-corrected chi connectivity index (χ4v) is 11.3. The lowest BCUT2D eigenvalue weighted by Gasteiger charge is -2.22. The first-order chi connectivity index (χ1) is 42.1. The number of hydrogen-bond donors (Lipinski definition) is 9. The van der Waals surface area contributed by atoms with E-state index in [4.69, 9.17) is 37.9 Å². The summed E-state index contributed by atoms with van der Waals surface area (Å²) in [5.41, 5.74) is 0. The molecular weight excluding hydrogens is 1130 g/mol. The highest BCUT2D eigenvalue weighted by Gasteiger charge is 2.42. The molecule has 5 atom stereocenters. The fourth-order valence-electron chi connectivity index (χ4n) is 9.77. The van der Waals surface area contributed by atoms with Gasteiger partial charge < -0.3 is 85.3 Å². The summed E-state index contributed by atoms with van der Waals surface area (Å²) < 4.78 is 44.1. The number of rotatable bonds is 64. The van der Waals surface area contributed by atoms with Gasteiger partial charge in [0.05, 0.1) is 137 Å². The van der Waals surface area contributed by atoms with Gasteiger partial charge in [0, 0.05) is 69.3 Å². The zero-order valence-corrected chi connectivity index (χ0v) is 53.6. The first-order valence-electron chi connectivity index (χ1n) is 33.1. The molecule has 0 aliphatic carbocycles. The van der Waals surface area contributed by atoms with Crippen LogP contribution in [0.4, 0.5) is 4.79 Å². The van der Waals surface area contributed by atoms with Crippen LogP contribution in [0.15, 0.2) is 0 Å². The second kappa shape index (κ2) is 58.0. The Hall–Kier alpha value is -3.43. The van der Waals surface area contributed by atoms with E-state index in [1.165, 1.54) is 64.2 Å². The van der Waals surface area contributed by atoms with Gasteiger partial charge in [-0.2, -0.15) is 11.8 Å². The van der Waals surface area contributed by atoms with Crippen molar-refractivity contribution in [1.82, 2.24) is 37.2 Å². The van der Waals surface area contributed by atoms with E-state index in [9.17, 15) is 39.0 Å². The van der Waals surface area contributed by atoms with Gasteiger partial charge in [-0.05, 0) is 44.9 Å². The van der Waals surface area contributed by atoms with E-state index in [0.29, 0.717) is 163 Å². The van der Waals surface area contributed by atoms with Crippen LogP contribution in [-0.2, 0) is 61.9 Å². The van der Waals surface area contributed by atoms with Crippen LogP contribution in [-0.4, -0.2) is 220 Å². The predicted molar refractivity (Wildman–Crippen MR) is 334 cm³/mol. The molecule has 23 nitrogen and oxygen atoms in total. The average molecular weight is 1250 g/mol. The van der Waals surface area contributed by atoms with Crippen molar-refractivity contribution in [1.29, 1.82) is 0 Å². The molecule has 0 unspecified atom stereocenters. The van der Waals surface area contributed by atoms with Gasteiger partial charge in [0.2, 0.25) is 29.5 Å². The number of aliphatic hydroxyl groups is 2. The molecule has 0 radical (unpaired) electrons. The smallest absolute Gasteiger partial charge is 0.315 e. The van der Waals surface area contributed by atoms with Crippen LogP contribution >= 0.6 is 11.8 Å². The van der Waals surface area contributed by atoms with E-state index in [1.54, 1.807) is 0 Å². The topological polar surface area (TPSA) is 301 Å². The van der Waals surface area contributed by atoms with Crippen LogP contribution in [0.5, 0.6) is 0 Å². The first kappa shape index (κ1) is 78.7. The van der Waals surface area contributed by atoms with Crippen LogP contribution < -0.4 is 37.2 Å². The maximum absolute atomic E-state index is 12.4. The molecule has 2 fully saturated rings. The second-order valence-corrected chi connectivity index (χ2v) is 23.5. The molecule has 0 spiro atoms. The Kier molecular flexibility index (Phi) is 53.0. The molecule has 0 aromatic heterocycles. The molecule has 2 aliphatic rings. The van der Waals surface area contributed by atoms with Gasteiger partial charge in [-0.1, -0.05) is 110 Å². The van der Waals surface area contributed by atoms with E-state index in [2.05, 4.69) is 44.1 Å². The summed E-state index contributed by atoms with van der Waals surface area (Å²) in [6.07, 6.45) is 25.0. The van der Waals surface area contributed by atoms with Crippen molar-refractivity contribution >= 4 is 47.3 Å². The Balaban J connectivity index is 1.19. The summed E-state index contributed by atoms with van der Waals surface area (Å²) in [6.45, 7) is 10.5. The van der Waals surface area contributed by atoms with E-state index in [1.807, 2.05) is 11.8 Å². The van der Waals surface area contributed by atoms with Crippen LogP contribution in [0.3, 0.4) is 0 Å². The summed E-state index contributed by atoms with van der Waals surface area (Å²) in [5, 5.41) is 40.8. The lowest BCUT2D eigenvalue weighted by molar-refractivity contribution is -0.127. The number of aliphatic hydroxyl groups excluding tert-OH is 2. The van der Waals surface area contributed by atoms with Gasteiger partial charge in [-0.3, -0.25) is 24.0 Å². The standard InChI is InChI=1S/C62H117N7O16S/c1-2-3-4-5-6-7-8-9-10-11-12-13-16-23-54(71)52(50-70)67-60(76)29-28-59(75)66-33-35-79-37-39-81-41-43-83-45-47-85-49-48-84-46-44-82-42-40-80-38-36-78-34-32-65-58(74)26-18-15-22-30-63-56(72)25-17-14-21-31-64-57(73)27-20-19-24-55-61-53(51-86-55)68-62(77)69-61/h52-55,61,70-71H,2-51H2,1H3,(H,63,72)(H,64,73)(H,65,74)(H,66,75)(H,67,76)(H2,68,69,77)/t52-,53-,54-,55-,61-/m0/s1. The SMILES string of the molecule is CCCCCCCCCCCCCCC[C@H](O)[C@H](CO)NC(=O)CCC(=O)NCCOCCOCCOCCOCCOCCOCCOCCOCCNC(=O)CCCCCNC(=O)CCCCCNC(=O)CCCC[C@@H]1SC[C@@H]2NC(=O)N[C@@H]21. The zero-order valence-electron chi connectivity index (χ0n) is 52.8. The number of thioether (sulfide) groups is 1. The number of carbonyl (C=O) groups excluding carboxylic acids is 6. The molecule has 2 rings (SSSR count). The Labute approximate surface area is 519 Å². The lowest BCUT2D eigenvalue weighted by Crippen LogP contribution is -2.46. The van der Waals surface area contributed by atoms with Crippen LogP contribution in [0.2, 0.25) is 0 Å². The van der Waals surface area contributed by atoms with Crippen molar-refractivity contribution in [2.45, 2.75) is 216 Å². The summed E-state index contributed by atoms with van der Waals surface area (Å²) >= 11 is 1.90. The Morgan fingerprint density at radius 1 is 0.453 bits per heavy atom. The number of carbonyl (C=O) groups is 6. The third kappa shape index (κ3) is 47.6. The molecule has 24 heteroatoms. The predicted octanol–water partition coefficient (Wildman–Crippen LogP) is 5.53. The number of amides is 7. The minimum absolute atomic E-state index is 0.000961. The molecule has 0 aromatic carbocycles. The Bertz CT molecular complexity index is 1680. The van der Waals surface area contributed by atoms with E-state index < -0.39 is 12.1 Å². The van der Waals surface area contributed by atoms with Crippen molar-refractivity contribution in [3.05, 3.63) is 0 Å². The molecule has 502 valence electrons. The van der Waals surface area contributed by atoms with E-state index in [-0.39, 0.29) is 67.1 Å². The van der Waals surface area contributed by atoms with Crippen LogP contribution in [0.25, 0.3) is 0 Å². The normalized spacial score (nSPS) is 16.1. The molecule has 0 saturated carbocycles. The molecule has 2 saturated heterocycles. The van der Waals surface area contributed by atoms with Gasteiger partial charge in [0.25, 0.3) is 0 Å². The van der Waals surface area contributed by atoms with E-state index >= 15 is 0 Å². The van der Waals surface area contributed by atoms with Crippen molar-refractivity contribution < 1.29 is 76.9 Å². The average Bonchev–Trinajstić information content (AvgIpc) is 3.15. The van der Waals surface area contributed by atoms with Crippen molar-refractivity contribution in [3.63, 3.8) is 0 Å². The van der Waals surface area contributed by atoms with Gasteiger partial charge in [-0.25, -0.2) is 4.79 Å². The fraction of sp³-hybridized carbons (Fsp3) is 0.903. The highest BCUT2D eigenvalue weighted by molar-refractivity contribution is 8.00. The highest BCUT2D eigenvalue weighted by Crippen LogP contribution is 2.33. The Morgan fingerprint density at radius 3 is 1.24 bits per heavy atom. The second-order valence-electron chi connectivity index (χ2n) is 22.2. The minimum Gasteiger partial charge on any atom is -0.394 e. The third-order valence-electron chi connectivity index (χ3n) is 14.8. The highest BCUT2D eigenvalue weighted by atomic mass is 32.2. The molecule has 2 heterocycles. The molecule has 86 heavy (non-hydrogen) atoms. The number of nitrogens with one attached hydrogen (secondary N) is 7. The van der Waals surface area contributed by atoms with Gasteiger partial charge in [0.15, 0.2) is 0 Å². The number of ether oxygens (including phenoxy) is 8. The van der Waals surface area contributed by atoms with Crippen LogP contribution in [0, 0.1) is 0 Å². The number of unbranched alkanes of at least 4 members (excludes halogenated alkanes) is 17. The maximum Gasteiger partial charge on any atom is 0.315 e. The molecule has 7 amide bonds. The summed E-state index contributed by atoms with van der Waals surface area (Å²) in [7, 11) is 0. The maximum atomic E-state index is 12.4. The van der Waals surface area contributed by atoms with Gasteiger partial charge >= 0.3 is 6.03 Å². The molecule has 0 aromatic rings. The minimum atomic E-state index is -0.825. The number of fused-ring (bicyclic) bond motifs is 1. The largest absolute Gasteiger partial charge is 0.394 e. The van der Waals surface area contributed by atoms with Gasteiger partial charge in [-0.15, -0.1) is 0 Å². The van der Waals surface area contributed by atoms with Crippen molar-refractivity contribution in [2.24, 2.45) is 0 Å². The Morgan fingerprint density at radius 2 is 0.814 bits per heavy atom. The monoisotopic (exact) mass is 1250 g/mol. The zero-order chi connectivity index (χ0) is 62.0. The molecule has 0 bridgehead atoms. The quantitative estimate of drug-likeness (QED) is 0.0267. The van der Waals surface area contributed by atoms with E-state index in [0.717, 1.165) is 82.8 Å².